The molecule has 0 aliphatic rings. The summed E-state index contributed by atoms with van der Waals surface area (Å²) in [6, 6.07) is 0. The van der Waals surface area contributed by atoms with Crippen LogP contribution >= 0.6 is 23.4 Å². The Kier molecular flexibility index (Phi) is 2.88. The Morgan fingerprint density at radius 1 is 1.50 bits per heavy atom. The summed E-state index contributed by atoms with van der Waals surface area (Å²) < 4.78 is 1.92. The highest BCUT2D eigenvalue weighted by Crippen LogP contribution is 2.19. The summed E-state index contributed by atoms with van der Waals surface area (Å²) in [5.41, 5.74) is 0.806. The monoisotopic (exact) mass is 228 g/mol. The van der Waals surface area contributed by atoms with Crippen LogP contribution in [0.4, 0.5) is 0 Å². The molecular weight excluding hydrogens is 220 g/mol. The predicted molar refractivity (Wildman–Crippen MR) is 57.0 cm³/mol. The summed E-state index contributed by atoms with van der Waals surface area (Å²) >= 11 is 7.21. The first-order chi connectivity index (χ1) is 6.83. The van der Waals surface area contributed by atoms with Crippen molar-refractivity contribution in [2.24, 2.45) is 0 Å². The standard InChI is InChI=1S/C8H9ClN4S/c1-6-11-12-7-8(14-5-2-9)10-3-4-13(6)7/h3-4H,2,5H2,1H3. The SMILES string of the molecule is Cc1nnc2c(SCCCl)nccn12. The van der Waals surface area contributed by atoms with Gasteiger partial charge in [0, 0.05) is 24.0 Å². The van der Waals surface area contributed by atoms with E-state index in [1.165, 1.54) is 0 Å². The van der Waals surface area contributed by atoms with Crippen LogP contribution in [0.15, 0.2) is 17.4 Å². The Labute approximate surface area is 90.7 Å². The number of fused-ring (bicyclic) bond motifs is 1. The molecule has 2 rings (SSSR count). The third-order valence-corrected chi connectivity index (χ3v) is 3.16. The molecule has 4 nitrogen and oxygen atoms in total. The van der Waals surface area contributed by atoms with Gasteiger partial charge in [0.05, 0.1) is 0 Å². The molecule has 0 saturated carbocycles. The summed E-state index contributed by atoms with van der Waals surface area (Å²) in [7, 11) is 0. The number of aryl methyl sites for hydroxylation is 1. The van der Waals surface area contributed by atoms with Crippen LogP contribution in [-0.2, 0) is 0 Å². The summed E-state index contributed by atoms with van der Waals surface area (Å²) in [5, 5.41) is 8.93. The molecule has 0 radical (unpaired) electrons. The summed E-state index contributed by atoms with van der Waals surface area (Å²) in [5.74, 6) is 2.32. The number of hydrogen-bond donors (Lipinski definition) is 0. The van der Waals surface area contributed by atoms with Crippen LogP contribution in [-0.4, -0.2) is 31.2 Å². The number of aromatic nitrogens is 4. The maximum atomic E-state index is 5.62. The fourth-order valence-electron chi connectivity index (χ4n) is 1.16. The van der Waals surface area contributed by atoms with Gasteiger partial charge in [0.15, 0.2) is 5.65 Å². The first-order valence-corrected chi connectivity index (χ1v) is 5.70. The zero-order valence-corrected chi connectivity index (χ0v) is 9.22. The first kappa shape index (κ1) is 9.73. The van der Waals surface area contributed by atoms with Crippen LogP contribution in [0.3, 0.4) is 0 Å². The van der Waals surface area contributed by atoms with Crippen molar-refractivity contribution in [3.63, 3.8) is 0 Å². The average molecular weight is 229 g/mol. The van der Waals surface area contributed by atoms with Crippen LogP contribution < -0.4 is 0 Å². The quantitative estimate of drug-likeness (QED) is 0.593. The van der Waals surface area contributed by atoms with Crippen LogP contribution in [0, 0.1) is 6.92 Å². The average Bonchev–Trinajstić information content (AvgIpc) is 2.58. The summed E-state index contributed by atoms with van der Waals surface area (Å²) in [6.45, 7) is 1.91. The van der Waals surface area contributed by atoms with E-state index in [2.05, 4.69) is 15.2 Å². The van der Waals surface area contributed by atoms with Gasteiger partial charge in [0.2, 0.25) is 0 Å². The van der Waals surface area contributed by atoms with Crippen molar-refractivity contribution in [1.82, 2.24) is 19.6 Å². The predicted octanol–water partition coefficient (Wildman–Crippen LogP) is 1.76. The van der Waals surface area contributed by atoms with Crippen LogP contribution in [0.2, 0.25) is 0 Å². The van der Waals surface area contributed by atoms with E-state index in [-0.39, 0.29) is 0 Å². The maximum absolute atomic E-state index is 5.62. The van der Waals surface area contributed by atoms with E-state index in [0.29, 0.717) is 5.88 Å². The molecule has 0 aromatic carbocycles. The van der Waals surface area contributed by atoms with Gasteiger partial charge in [-0.05, 0) is 6.92 Å². The van der Waals surface area contributed by atoms with Crippen LogP contribution in [0.25, 0.3) is 5.65 Å². The molecule has 14 heavy (non-hydrogen) atoms. The van der Waals surface area contributed by atoms with E-state index in [1.807, 2.05) is 17.5 Å². The lowest BCUT2D eigenvalue weighted by atomic mass is 10.6. The number of nitrogens with zero attached hydrogens (tertiary/aromatic N) is 4. The molecule has 6 heteroatoms. The van der Waals surface area contributed by atoms with E-state index in [4.69, 9.17) is 11.6 Å². The second-order valence-corrected chi connectivity index (χ2v) is 4.17. The van der Waals surface area contributed by atoms with Gasteiger partial charge in [0.1, 0.15) is 10.9 Å². The van der Waals surface area contributed by atoms with Crippen molar-refractivity contribution in [2.45, 2.75) is 11.9 Å². The fraction of sp³-hybridized carbons (Fsp3) is 0.375. The topological polar surface area (TPSA) is 43.1 Å². The molecule has 0 bridgehead atoms. The number of thioether (sulfide) groups is 1. The van der Waals surface area contributed by atoms with Crippen LogP contribution in [0.1, 0.15) is 5.82 Å². The molecule has 74 valence electrons. The Bertz CT molecular complexity index is 442. The van der Waals surface area contributed by atoms with Crippen molar-refractivity contribution in [3.05, 3.63) is 18.2 Å². The lowest BCUT2D eigenvalue weighted by Crippen LogP contribution is -1.92. The Morgan fingerprint density at radius 2 is 2.36 bits per heavy atom. The van der Waals surface area contributed by atoms with E-state index >= 15 is 0 Å². The molecule has 0 saturated heterocycles. The first-order valence-electron chi connectivity index (χ1n) is 4.18. The molecule has 2 aromatic rings. The molecule has 0 aliphatic heterocycles. The Morgan fingerprint density at radius 3 is 3.14 bits per heavy atom. The van der Waals surface area contributed by atoms with Crippen molar-refractivity contribution >= 4 is 29.0 Å². The molecule has 0 fully saturated rings. The van der Waals surface area contributed by atoms with Gasteiger partial charge in [0.25, 0.3) is 0 Å². The molecule has 2 aromatic heterocycles. The van der Waals surface area contributed by atoms with Gasteiger partial charge < -0.3 is 0 Å². The van der Waals surface area contributed by atoms with Crippen molar-refractivity contribution in [1.29, 1.82) is 0 Å². The van der Waals surface area contributed by atoms with Crippen molar-refractivity contribution < 1.29 is 0 Å². The Balaban J connectivity index is 2.44. The van der Waals surface area contributed by atoms with Gasteiger partial charge in [-0.2, -0.15) is 0 Å². The summed E-state index contributed by atoms with van der Waals surface area (Å²) in [6.07, 6.45) is 3.61. The Hall–Kier alpha value is -0.810. The number of halogens is 1. The highest BCUT2D eigenvalue weighted by molar-refractivity contribution is 7.99. The van der Waals surface area contributed by atoms with Gasteiger partial charge in [-0.15, -0.1) is 33.6 Å². The minimum Gasteiger partial charge on any atom is -0.283 e. The van der Waals surface area contributed by atoms with E-state index in [1.54, 1.807) is 18.0 Å². The maximum Gasteiger partial charge on any atom is 0.193 e. The highest BCUT2D eigenvalue weighted by Gasteiger charge is 2.07. The second-order valence-electron chi connectivity index (χ2n) is 2.71. The minimum atomic E-state index is 0.612. The van der Waals surface area contributed by atoms with Crippen molar-refractivity contribution in [3.8, 4) is 0 Å². The number of hydrogen-bond acceptors (Lipinski definition) is 4. The molecule has 0 unspecified atom stereocenters. The van der Waals surface area contributed by atoms with Gasteiger partial charge in [-0.3, -0.25) is 4.40 Å². The number of rotatable bonds is 3. The van der Waals surface area contributed by atoms with Crippen LogP contribution in [0.5, 0.6) is 0 Å². The van der Waals surface area contributed by atoms with E-state index in [0.717, 1.165) is 22.3 Å². The lowest BCUT2D eigenvalue weighted by molar-refractivity contribution is 0.988. The third-order valence-electron chi connectivity index (χ3n) is 1.78. The molecular formula is C8H9ClN4S. The third kappa shape index (κ3) is 1.69. The molecule has 0 amide bonds. The zero-order chi connectivity index (χ0) is 9.97. The summed E-state index contributed by atoms with van der Waals surface area (Å²) in [4.78, 5) is 4.24. The minimum absolute atomic E-state index is 0.612. The molecule has 0 aliphatic carbocycles. The van der Waals surface area contributed by atoms with Gasteiger partial charge in [-0.25, -0.2) is 4.98 Å². The second kappa shape index (κ2) is 4.14. The van der Waals surface area contributed by atoms with Gasteiger partial charge >= 0.3 is 0 Å². The highest BCUT2D eigenvalue weighted by atomic mass is 35.5. The largest absolute Gasteiger partial charge is 0.283 e. The lowest BCUT2D eigenvalue weighted by Gasteiger charge is -1.99. The zero-order valence-electron chi connectivity index (χ0n) is 7.64. The van der Waals surface area contributed by atoms with E-state index < -0.39 is 0 Å². The molecule has 0 spiro atoms. The van der Waals surface area contributed by atoms with E-state index in [9.17, 15) is 0 Å². The molecule has 0 N–H and O–H groups in total. The molecule has 0 atom stereocenters. The fourth-order valence-corrected chi connectivity index (χ4v) is 2.06. The van der Waals surface area contributed by atoms with Crippen molar-refractivity contribution in [2.75, 3.05) is 11.6 Å². The smallest absolute Gasteiger partial charge is 0.193 e. The number of alkyl halides is 1. The normalized spacial score (nSPS) is 11.0. The van der Waals surface area contributed by atoms with Gasteiger partial charge in [-0.1, -0.05) is 0 Å². The molecule has 2 heterocycles.